The van der Waals surface area contributed by atoms with Gasteiger partial charge in [-0.2, -0.15) is 0 Å². The molecule has 1 amide bonds. The minimum absolute atomic E-state index is 0.0852. The van der Waals surface area contributed by atoms with E-state index in [2.05, 4.69) is 19.8 Å². The molecule has 0 aliphatic carbocycles. The van der Waals surface area contributed by atoms with Gasteiger partial charge in [-0.3, -0.25) is 4.79 Å². The third-order valence-electron chi connectivity index (χ3n) is 6.14. The molecule has 3 atom stereocenters. The zero-order valence-electron chi connectivity index (χ0n) is 16.0. The van der Waals surface area contributed by atoms with Gasteiger partial charge in [0.1, 0.15) is 0 Å². The number of carbonyl (C=O) groups excluding carboxylic acids is 1. The third-order valence-corrected chi connectivity index (χ3v) is 6.97. The van der Waals surface area contributed by atoms with Crippen molar-refractivity contribution in [1.29, 1.82) is 0 Å². The zero-order valence-corrected chi connectivity index (χ0v) is 16.9. The van der Waals surface area contributed by atoms with E-state index in [-0.39, 0.29) is 24.1 Å². The number of hydrogen-bond donors (Lipinski definition) is 1. The maximum atomic E-state index is 13.0. The van der Waals surface area contributed by atoms with Crippen molar-refractivity contribution < 1.29 is 9.90 Å². The van der Waals surface area contributed by atoms with Gasteiger partial charge in [0.25, 0.3) is 0 Å². The van der Waals surface area contributed by atoms with Crippen LogP contribution in [-0.2, 0) is 17.6 Å². The topological polar surface area (TPSA) is 82.5 Å². The van der Waals surface area contributed by atoms with Crippen LogP contribution in [0.25, 0.3) is 0 Å². The number of β-amino-alcohol motifs (C(OH)–C–C–N with tert-alkyl or cyclic N) is 1. The van der Waals surface area contributed by atoms with Crippen LogP contribution >= 0.6 is 11.3 Å². The van der Waals surface area contributed by atoms with Crippen molar-refractivity contribution in [2.75, 3.05) is 18.0 Å². The number of hydrogen-bond acceptors (Lipinski definition) is 7. The molecule has 28 heavy (non-hydrogen) atoms. The van der Waals surface area contributed by atoms with E-state index < -0.39 is 0 Å². The minimum atomic E-state index is -0.299. The molecule has 7 nitrogen and oxygen atoms in total. The number of carbonyl (C=O) groups is 1. The highest BCUT2D eigenvalue weighted by atomic mass is 32.1. The first kappa shape index (κ1) is 18.0. The van der Waals surface area contributed by atoms with E-state index in [1.807, 2.05) is 18.5 Å². The summed E-state index contributed by atoms with van der Waals surface area (Å²) in [5.74, 6) is 0.876. The lowest BCUT2D eigenvalue weighted by atomic mass is 9.98. The summed E-state index contributed by atoms with van der Waals surface area (Å²) >= 11 is 1.59. The first-order valence-electron chi connectivity index (χ1n) is 10.1. The van der Waals surface area contributed by atoms with Gasteiger partial charge in [0, 0.05) is 42.7 Å². The Kier molecular flexibility index (Phi) is 4.55. The lowest BCUT2D eigenvalue weighted by Gasteiger charge is -2.36. The standard InChI is InChI=1S/C20H25N5O2S/c1-12-22-13(11-28-12)7-19(27)25-14-4-5-18(25)16-9-21-20(23-17(16)8-14)24-6-2-3-15(26)10-24/h9,11,14-15,18,26H,2-8,10H2,1H3. The van der Waals surface area contributed by atoms with Crippen LogP contribution in [0.15, 0.2) is 11.6 Å². The molecule has 2 aromatic heterocycles. The number of rotatable bonds is 3. The maximum absolute atomic E-state index is 13.0. The number of aliphatic hydroxyl groups is 1. The molecule has 8 heteroatoms. The second-order valence-electron chi connectivity index (χ2n) is 8.10. The first-order valence-corrected chi connectivity index (χ1v) is 11.0. The highest BCUT2D eigenvalue weighted by Gasteiger charge is 2.43. The van der Waals surface area contributed by atoms with Crippen molar-refractivity contribution in [3.8, 4) is 0 Å². The minimum Gasteiger partial charge on any atom is -0.391 e. The number of aryl methyl sites for hydroxylation is 1. The van der Waals surface area contributed by atoms with Crippen LogP contribution in [0.2, 0.25) is 0 Å². The highest BCUT2D eigenvalue weighted by Crippen LogP contribution is 2.43. The van der Waals surface area contributed by atoms with Gasteiger partial charge in [-0.05, 0) is 32.6 Å². The molecule has 1 N–H and O–H groups in total. The van der Waals surface area contributed by atoms with Gasteiger partial charge in [-0.1, -0.05) is 0 Å². The van der Waals surface area contributed by atoms with E-state index in [0.29, 0.717) is 13.0 Å². The maximum Gasteiger partial charge on any atom is 0.229 e. The Balaban J connectivity index is 1.37. The summed E-state index contributed by atoms with van der Waals surface area (Å²) in [5.41, 5.74) is 3.04. The molecule has 2 aromatic rings. The Labute approximate surface area is 168 Å². The third kappa shape index (κ3) is 3.18. The van der Waals surface area contributed by atoms with Gasteiger partial charge >= 0.3 is 0 Å². The fourth-order valence-corrected chi connectivity index (χ4v) is 5.48. The lowest BCUT2D eigenvalue weighted by Crippen LogP contribution is -2.44. The van der Waals surface area contributed by atoms with Crippen molar-refractivity contribution in [2.24, 2.45) is 0 Å². The molecule has 0 aromatic carbocycles. The smallest absolute Gasteiger partial charge is 0.229 e. The molecule has 2 saturated heterocycles. The molecule has 5 rings (SSSR count). The van der Waals surface area contributed by atoms with E-state index in [0.717, 1.165) is 66.6 Å². The second kappa shape index (κ2) is 7.08. The molecule has 2 bridgehead atoms. The summed E-state index contributed by atoms with van der Waals surface area (Å²) in [5, 5.41) is 12.9. The Hall–Kier alpha value is -2.06. The highest BCUT2D eigenvalue weighted by molar-refractivity contribution is 7.09. The van der Waals surface area contributed by atoms with Crippen molar-refractivity contribution in [1.82, 2.24) is 19.9 Å². The zero-order chi connectivity index (χ0) is 19.3. The van der Waals surface area contributed by atoms with Crippen molar-refractivity contribution >= 4 is 23.2 Å². The molecule has 0 radical (unpaired) electrons. The molecule has 0 saturated carbocycles. The van der Waals surface area contributed by atoms with Crippen LogP contribution in [-0.4, -0.2) is 56.1 Å². The number of nitrogens with zero attached hydrogens (tertiary/aromatic N) is 5. The monoisotopic (exact) mass is 399 g/mol. The first-order chi connectivity index (χ1) is 13.6. The van der Waals surface area contributed by atoms with Gasteiger partial charge in [-0.25, -0.2) is 15.0 Å². The molecule has 2 fully saturated rings. The van der Waals surface area contributed by atoms with Gasteiger partial charge in [0.2, 0.25) is 11.9 Å². The number of piperidine rings is 1. The summed E-state index contributed by atoms with van der Waals surface area (Å²) in [6, 6.07) is 0.307. The lowest BCUT2D eigenvalue weighted by molar-refractivity contribution is -0.134. The van der Waals surface area contributed by atoms with Crippen LogP contribution in [0.3, 0.4) is 0 Å². The van der Waals surface area contributed by atoms with Crippen LogP contribution in [0.1, 0.15) is 53.7 Å². The van der Waals surface area contributed by atoms with Gasteiger partial charge in [-0.15, -0.1) is 11.3 Å². The predicted molar refractivity (Wildman–Crippen MR) is 106 cm³/mol. The summed E-state index contributed by atoms with van der Waals surface area (Å²) in [4.78, 5) is 31.1. The average molecular weight is 400 g/mol. The Morgan fingerprint density at radius 2 is 2.21 bits per heavy atom. The fraction of sp³-hybridized carbons (Fsp3) is 0.600. The average Bonchev–Trinajstić information content (AvgIpc) is 3.23. The molecular formula is C20H25N5O2S. The largest absolute Gasteiger partial charge is 0.391 e. The van der Waals surface area contributed by atoms with Crippen LogP contribution < -0.4 is 4.90 Å². The number of aliphatic hydroxyl groups excluding tert-OH is 1. The van der Waals surface area contributed by atoms with Crippen LogP contribution in [0.5, 0.6) is 0 Å². The van der Waals surface area contributed by atoms with E-state index in [4.69, 9.17) is 4.98 Å². The predicted octanol–water partition coefficient (Wildman–Crippen LogP) is 2.03. The van der Waals surface area contributed by atoms with Gasteiger partial charge < -0.3 is 14.9 Å². The fourth-order valence-electron chi connectivity index (χ4n) is 4.87. The normalized spacial score (nSPS) is 26.4. The number of anilines is 1. The Morgan fingerprint density at radius 1 is 1.32 bits per heavy atom. The van der Waals surface area contributed by atoms with Crippen LogP contribution in [0.4, 0.5) is 5.95 Å². The molecule has 148 valence electrons. The summed E-state index contributed by atoms with van der Waals surface area (Å²) in [6.07, 6.45) is 6.58. The molecule has 0 spiro atoms. The van der Waals surface area contributed by atoms with E-state index in [1.54, 1.807) is 11.3 Å². The Bertz CT molecular complexity index is 900. The van der Waals surface area contributed by atoms with E-state index in [9.17, 15) is 9.90 Å². The molecular weight excluding hydrogens is 374 g/mol. The van der Waals surface area contributed by atoms with Crippen molar-refractivity contribution in [2.45, 2.75) is 63.6 Å². The quantitative estimate of drug-likeness (QED) is 0.850. The van der Waals surface area contributed by atoms with E-state index in [1.165, 1.54) is 0 Å². The summed E-state index contributed by atoms with van der Waals surface area (Å²) in [6.45, 7) is 3.46. The molecule has 3 aliphatic heterocycles. The molecule has 3 aliphatic rings. The van der Waals surface area contributed by atoms with Crippen molar-refractivity contribution in [3.63, 3.8) is 0 Å². The number of thiazole rings is 1. The number of fused-ring (bicyclic) bond motifs is 4. The molecule has 5 heterocycles. The summed E-state index contributed by atoms with van der Waals surface area (Å²) in [7, 11) is 0. The number of aromatic nitrogens is 3. The summed E-state index contributed by atoms with van der Waals surface area (Å²) < 4.78 is 0. The number of amides is 1. The SMILES string of the molecule is Cc1nc(CC(=O)N2C3CCC2c2cnc(N4CCCC(O)C4)nc2C3)cs1. The molecule has 3 unspecified atom stereocenters. The second-order valence-corrected chi connectivity index (χ2v) is 9.16. The van der Waals surface area contributed by atoms with Crippen LogP contribution in [0, 0.1) is 6.92 Å². The van der Waals surface area contributed by atoms with E-state index >= 15 is 0 Å². The van der Waals surface area contributed by atoms with Gasteiger partial charge in [0.05, 0.1) is 35.0 Å². The Morgan fingerprint density at radius 3 is 3.00 bits per heavy atom. The van der Waals surface area contributed by atoms with Gasteiger partial charge in [0.15, 0.2) is 0 Å². The van der Waals surface area contributed by atoms with Crippen molar-refractivity contribution in [3.05, 3.63) is 33.5 Å².